The molecular weight excluding hydrogens is 472 g/mol. The molecule has 1 unspecified atom stereocenters. The SMILES string of the molecule is COC(=O)C1=C(C)Nc2ncnn2C1c1cc(Br)ccc1OCc1ccc(Cl)cc1. The van der Waals surface area contributed by atoms with Gasteiger partial charge in [0.05, 0.1) is 12.7 Å². The first-order valence-electron chi connectivity index (χ1n) is 9.10. The predicted molar refractivity (Wildman–Crippen MR) is 116 cm³/mol. The first-order chi connectivity index (χ1) is 14.5. The van der Waals surface area contributed by atoms with E-state index in [4.69, 9.17) is 21.1 Å². The van der Waals surface area contributed by atoms with Crippen LogP contribution in [0.3, 0.4) is 0 Å². The van der Waals surface area contributed by atoms with E-state index in [0.717, 1.165) is 15.6 Å². The summed E-state index contributed by atoms with van der Waals surface area (Å²) in [4.78, 5) is 16.9. The Kier molecular flexibility index (Phi) is 5.78. The zero-order chi connectivity index (χ0) is 21.3. The molecule has 0 bridgehead atoms. The molecular formula is C21H18BrClN4O3. The summed E-state index contributed by atoms with van der Waals surface area (Å²) in [5, 5.41) is 8.10. The topological polar surface area (TPSA) is 78.3 Å². The van der Waals surface area contributed by atoms with Crippen molar-refractivity contribution in [3.8, 4) is 5.75 Å². The Hall–Kier alpha value is -2.84. The lowest BCUT2D eigenvalue weighted by atomic mass is 9.95. The summed E-state index contributed by atoms with van der Waals surface area (Å²) in [7, 11) is 1.36. The number of ether oxygens (including phenoxy) is 2. The number of halogens is 2. The van der Waals surface area contributed by atoms with Gasteiger partial charge in [-0.25, -0.2) is 9.48 Å². The molecule has 4 rings (SSSR count). The molecule has 0 radical (unpaired) electrons. The van der Waals surface area contributed by atoms with Crippen molar-refractivity contribution in [2.45, 2.75) is 19.6 Å². The first-order valence-corrected chi connectivity index (χ1v) is 10.3. The molecule has 7 nitrogen and oxygen atoms in total. The van der Waals surface area contributed by atoms with E-state index in [1.165, 1.54) is 13.4 Å². The minimum absolute atomic E-state index is 0.344. The number of benzene rings is 2. The zero-order valence-electron chi connectivity index (χ0n) is 16.2. The van der Waals surface area contributed by atoms with Crippen LogP contribution in [0.15, 0.2) is 64.5 Å². The Bertz CT molecular complexity index is 1130. The number of esters is 1. The van der Waals surface area contributed by atoms with Crippen molar-refractivity contribution in [1.82, 2.24) is 14.8 Å². The Labute approximate surface area is 186 Å². The maximum absolute atomic E-state index is 12.7. The maximum atomic E-state index is 12.7. The average molecular weight is 490 g/mol. The second-order valence-corrected chi connectivity index (χ2v) is 8.04. The van der Waals surface area contributed by atoms with Crippen LogP contribution in [0.2, 0.25) is 5.02 Å². The summed E-state index contributed by atoms with van der Waals surface area (Å²) < 4.78 is 13.7. The number of aromatic nitrogens is 3. The highest BCUT2D eigenvalue weighted by molar-refractivity contribution is 9.10. The van der Waals surface area contributed by atoms with E-state index in [2.05, 4.69) is 31.3 Å². The number of carbonyl (C=O) groups excluding carboxylic acids is 1. The van der Waals surface area contributed by atoms with Crippen LogP contribution in [0.25, 0.3) is 0 Å². The maximum Gasteiger partial charge on any atom is 0.338 e. The van der Waals surface area contributed by atoms with Crippen molar-refractivity contribution in [3.05, 3.63) is 80.7 Å². The predicted octanol–water partition coefficient (Wildman–Crippen LogP) is 4.73. The standard InChI is InChI=1S/C21H18BrClN4O3/c1-12-18(20(28)29-2)19(27-21(26-12)24-11-25-27)16-9-14(22)5-8-17(16)30-10-13-3-6-15(23)7-4-13/h3-9,11,19H,10H2,1-2H3,(H,24,25,26). The van der Waals surface area contributed by atoms with Gasteiger partial charge < -0.3 is 14.8 Å². The molecule has 1 aliphatic rings. The van der Waals surface area contributed by atoms with Gasteiger partial charge in [0.1, 0.15) is 24.7 Å². The molecule has 0 amide bonds. The molecule has 1 atom stereocenters. The second-order valence-electron chi connectivity index (χ2n) is 6.68. The van der Waals surface area contributed by atoms with Crippen molar-refractivity contribution in [3.63, 3.8) is 0 Å². The number of fused-ring (bicyclic) bond motifs is 1. The first kappa shape index (κ1) is 20.4. The number of anilines is 1. The van der Waals surface area contributed by atoms with E-state index >= 15 is 0 Å². The van der Waals surface area contributed by atoms with Gasteiger partial charge in [0.15, 0.2) is 0 Å². The molecule has 9 heteroatoms. The third-order valence-corrected chi connectivity index (χ3v) is 5.52. The Balaban J connectivity index is 1.77. The van der Waals surface area contributed by atoms with Gasteiger partial charge in [-0.3, -0.25) is 0 Å². The summed E-state index contributed by atoms with van der Waals surface area (Å²) in [6.07, 6.45) is 1.44. The number of rotatable bonds is 5. The van der Waals surface area contributed by atoms with E-state index < -0.39 is 12.0 Å². The number of methoxy groups -OCH3 is 1. The van der Waals surface area contributed by atoms with Crippen molar-refractivity contribution >= 4 is 39.4 Å². The summed E-state index contributed by atoms with van der Waals surface area (Å²) in [5.74, 6) is 0.708. The summed E-state index contributed by atoms with van der Waals surface area (Å²) in [6, 6.07) is 12.5. The van der Waals surface area contributed by atoms with Crippen LogP contribution in [0.1, 0.15) is 24.1 Å². The van der Waals surface area contributed by atoms with Gasteiger partial charge >= 0.3 is 5.97 Å². The fourth-order valence-electron chi connectivity index (χ4n) is 3.36. The number of carbonyl (C=O) groups is 1. The zero-order valence-corrected chi connectivity index (χ0v) is 18.6. The molecule has 0 fully saturated rings. The van der Waals surface area contributed by atoms with Gasteiger partial charge in [0, 0.05) is 20.8 Å². The molecule has 1 aromatic heterocycles. The molecule has 30 heavy (non-hydrogen) atoms. The van der Waals surface area contributed by atoms with Crippen LogP contribution in [0.5, 0.6) is 5.75 Å². The quantitative estimate of drug-likeness (QED) is 0.522. The van der Waals surface area contributed by atoms with E-state index in [1.54, 1.807) is 4.68 Å². The monoisotopic (exact) mass is 488 g/mol. The fourth-order valence-corrected chi connectivity index (χ4v) is 3.86. The van der Waals surface area contributed by atoms with Crippen LogP contribution in [0.4, 0.5) is 5.95 Å². The van der Waals surface area contributed by atoms with Crippen molar-refractivity contribution in [2.24, 2.45) is 0 Å². The van der Waals surface area contributed by atoms with Gasteiger partial charge in [0.2, 0.25) is 5.95 Å². The highest BCUT2D eigenvalue weighted by atomic mass is 79.9. The number of nitrogens with zero attached hydrogens (tertiary/aromatic N) is 3. The Morgan fingerprint density at radius 1 is 1.27 bits per heavy atom. The number of hydrogen-bond acceptors (Lipinski definition) is 6. The third kappa shape index (κ3) is 3.93. The molecule has 0 aliphatic carbocycles. The molecule has 2 aromatic carbocycles. The van der Waals surface area contributed by atoms with Gasteiger partial charge in [-0.05, 0) is 42.8 Å². The highest BCUT2D eigenvalue weighted by Gasteiger charge is 2.35. The average Bonchev–Trinajstić information content (AvgIpc) is 3.20. The summed E-state index contributed by atoms with van der Waals surface area (Å²) in [5.41, 5.74) is 2.81. The van der Waals surface area contributed by atoms with Crippen molar-refractivity contribution < 1.29 is 14.3 Å². The van der Waals surface area contributed by atoms with Gasteiger partial charge in [-0.2, -0.15) is 10.1 Å². The normalized spacial score (nSPS) is 15.4. The lowest BCUT2D eigenvalue weighted by Crippen LogP contribution is -2.29. The highest BCUT2D eigenvalue weighted by Crippen LogP contribution is 2.40. The number of nitrogens with one attached hydrogen (secondary N) is 1. The molecule has 1 aliphatic heterocycles. The lowest BCUT2D eigenvalue weighted by molar-refractivity contribution is -0.136. The van der Waals surface area contributed by atoms with Crippen LogP contribution in [-0.4, -0.2) is 27.8 Å². The van der Waals surface area contributed by atoms with E-state index in [-0.39, 0.29) is 0 Å². The molecule has 2 heterocycles. The van der Waals surface area contributed by atoms with Crippen molar-refractivity contribution in [1.29, 1.82) is 0 Å². The van der Waals surface area contributed by atoms with Gasteiger partial charge in [-0.1, -0.05) is 39.7 Å². The number of allylic oxidation sites excluding steroid dienone is 1. The molecule has 0 saturated heterocycles. The molecule has 154 valence electrons. The van der Waals surface area contributed by atoms with Gasteiger partial charge in [-0.15, -0.1) is 0 Å². The smallest absolute Gasteiger partial charge is 0.338 e. The molecule has 0 saturated carbocycles. The van der Waals surface area contributed by atoms with Crippen molar-refractivity contribution in [2.75, 3.05) is 12.4 Å². The van der Waals surface area contributed by atoms with E-state index in [1.807, 2.05) is 49.4 Å². The van der Waals surface area contributed by atoms with Crippen LogP contribution >= 0.6 is 27.5 Å². The fraction of sp³-hybridized carbons (Fsp3) is 0.190. The van der Waals surface area contributed by atoms with Gasteiger partial charge in [0.25, 0.3) is 0 Å². The van der Waals surface area contributed by atoms with Crippen LogP contribution < -0.4 is 10.1 Å². The Morgan fingerprint density at radius 3 is 2.77 bits per heavy atom. The minimum atomic E-state index is -0.561. The van der Waals surface area contributed by atoms with E-state index in [0.29, 0.717) is 34.6 Å². The van der Waals surface area contributed by atoms with Crippen LogP contribution in [-0.2, 0) is 16.1 Å². The molecule has 0 spiro atoms. The van der Waals surface area contributed by atoms with Crippen LogP contribution in [0, 0.1) is 0 Å². The molecule has 1 N–H and O–H groups in total. The molecule has 3 aromatic rings. The summed E-state index contributed by atoms with van der Waals surface area (Å²) >= 11 is 9.49. The summed E-state index contributed by atoms with van der Waals surface area (Å²) in [6.45, 7) is 2.15. The second kappa shape index (κ2) is 8.49. The lowest BCUT2D eigenvalue weighted by Gasteiger charge is -2.29. The largest absolute Gasteiger partial charge is 0.489 e. The third-order valence-electron chi connectivity index (χ3n) is 4.77. The van der Waals surface area contributed by atoms with E-state index in [9.17, 15) is 4.79 Å². The Morgan fingerprint density at radius 2 is 2.03 bits per heavy atom. The number of hydrogen-bond donors (Lipinski definition) is 1. The minimum Gasteiger partial charge on any atom is -0.489 e.